The average molecular weight is 431 g/mol. The van der Waals surface area contributed by atoms with Gasteiger partial charge in [-0.2, -0.15) is 0 Å². The predicted octanol–water partition coefficient (Wildman–Crippen LogP) is 4.51. The van der Waals surface area contributed by atoms with E-state index in [1.807, 2.05) is 50.2 Å². The van der Waals surface area contributed by atoms with Crippen molar-refractivity contribution in [2.75, 3.05) is 13.2 Å². The van der Waals surface area contributed by atoms with Crippen LogP contribution in [0.4, 0.5) is 0 Å². The lowest BCUT2D eigenvalue weighted by Gasteiger charge is -2.12. The van der Waals surface area contributed by atoms with Crippen LogP contribution in [0.5, 0.6) is 11.5 Å². The normalized spacial score (nSPS) is 10.9. The molecular weight excluding hydrogens is 406 g/mol. The Morgan fingerprint density at radius 1 is 0.969 bits per heavy atom. The number of carboxylic acids is 1. The number of aryl methyl sites for hydroxylation is 2. The second kappa shape index (κ2) is 9.51. The topological polar surface area (TPSA) is 86.5 Å². The SMILES string of the molecule is Cc1ccc(OCCCOc2ccc(CC(=O)O)cc2)c(-n2nc3cccc(C)c3n2)c1. The Hall–Kier alpha value is -3.87. The number of nitrogens with zero attached hydrogens (tertiary/aromatic N) is 3. The molecule has 0 radical (unpaired) electrons. The van der Waals surface area contributed by atoms with Crippen LogP contribution in [0.3, 0.4) is 0 Å². The van der Waals surface area contributed by atoms with E-state index in [2.05, 4.69) is 10.2 Å². The maximum Gasteiger partial charge on any atom is 0.307 e. The molecule has 0 fully saturated rings. The Bertz CT molecular complexity index is 1230. The molecule has 0 saturated carbocycles. The maximum absolute atomic E-state index is 10.8. The maximum atomic E-state index is 10.8. The molecule has 1 N–H and O–H groups in total. The summed E-state index contributed by atoms with van der Waals surface area (Å²) in [6.45, 7) is 5.02. The van der Waals surface area contributed by atoms with Gasteiger partial charge in [0.05, 0.1) is 19.6 Å². The van der Waals surface area contributed by atoms with E-state index in [9.17, 15) is 4.79 Å². The first kappa shape index (κ1) is 21.4. The highest BCUT2D eigenvalue weighted by atomic mass is 16.5. The van der Waals surface area contributed by atoms with E-state index in [1.165, 1.54) is 0 Å². The summed E-state index contributed by atoms with van der Waals surface area (Å²) in [5.74, 6) is 0.574. The quantitative estimate of drug-likeness (QED) is 0.392. The molecule has 164 valence electrons. The largest absolute Gasteiger partial charge is 0.493 e. The number of ether oxygens (including phenoxy) is 2. The van der Waals surface area contributed by atoms with Crippen molar-refractivity contribution in [3.05, 3.63) is 77.4 Å². The van der Waals surface area contributed by atoms with E-state index >= 15 is 0 Å². The van der Waals surface area contributed by atoms with Gasteiger partial charge in [-0.15, -0.1) is 15.0 Å². The number of rotatable bonds is 9. The Morgan fingerprint density at radius 2 is 1.75 bits per heavy atom. The fourth-order valence-corrected chi connectivity index (χ4v) is 3.40. The van der Waals surface area contributed by atoms with E-state index in [0.29, 0.717) is 31.1 Å². The summed E-state index contributed by atoms with van der Waals surface area (Å²) in [5.41, 5.74) is 5.45. The van der Waals surface area contributed by atoms with E-state index in [0.717, 1.165) is 33.4 Å². The van der Waals surface area contributed by atoms with Gasteiger partial charge in [0, 0.05) is 6.42 Å². The molecule has 32 heavy (non-hydrogen) atoms. The lowest BCUT2D eigenvalue weighted by molar-refractivity contribution is -0.136. The number of carbonyl (C=O) groups is 1. The highest BCUT2D eigenvalue weighted by Gasteiger charge is 2.12. The van der Waals surface area contributed by atoms with Crippen molar-refractivity contribution in [3.8, 4) is 17.2 Å². The molecular formula is C25H25N3O4. The molecule has 4 rings (SSSR count). The Labute approximate surface area is 186 Å². The molecule has 7 heteroatoms. The molecule has 0 spiro atoms. The lowest BCUT2D eigenvalue weighted by Crippen LogP contribution is -2.08. The smallest absolute Gasteiger partial charge is 0.307 e. The Kier molecular flexibility index (Phi) is 6.35. The van der Waals surface area contributed by atoms with Gasteiger partial charge in [0.15, 0.2) is 0 Å². The minimum absolute atomic E-state index is 0.00718. The van der Waals surface area contributed by atoms with E-state index in [4.69, 9.17) is 14.6 Å². The van der Waals surface area contributed by atoms with Gasteiger partial charge >= 0.3 is 5.97 Å². The van der Waals surface area contributed by atoms with Gasteiger partial charge in [0.25, 0.3) is 0 Å². The van der Waals surface area contributed by atoms with Crippen molar-refractivity contribution >= 4 is 17.0 Å². The van der Waals surface area contributed by atoms with E-state index in [-0.39, 0.29) is 6.42 Å². The second-order valence-electron chi connectivity index (χ2n) is 7.67. The highest BCUT2D eigenvalue weighted by Crippen LogP contribution is 2.25. The van der Waals surface area contributed by atoms with Gasteiger partial charge in [-0.25, -0.2) is 0 Å². The van der Waals surface area contributed by atoms with E-state index in [1.54, 1.807) is 29.1 Å². The predicted molar refractivity (Wildman–Crippen MR) is 122 cm³/mol. The first-order valence-corrected chi connectivity index (χ1v) is 10.5. The minimum atomic E-state index is -0.847. The van der Waals surface area contributed by atoms with Crippen molar-refractivity contribution in [2.45, 2.75) is 26.7 Å². The number of benzene rings is 3. The molecule has 0 aliphatic heterocycles. The third-order valence-corrected chi connectivity index (χ3v) is 5.04. The average Bonchev–Trinajstić information content (AvgIpc) is 3.21. The van der Waals surface area contributed by atoms with Crippen LogP contribution in [-0.4, -0.2) is 39.3 Å². The van der Waals surface area contributed by atoms with Crippen molar-refractivity contribution in [1.82, 2.24) is 15.0 Å². The third-order valence-electron chi connectivity index (χ3n) is 5.04. The van der Waals surface area contributed by atoms with Gasteiger partial charge in [-0.05, 0) is 60.9 Å². The summed E-state index contributed by atoms with van der Waals surface area (Å²) in [7, 11) is 0. The number of aromatic nitrogens is 3. The van der Waals surface area contributed by atoms with Crippen LogP contribution in [0.15, 0.2) is 60.7 Å². The monoisotopic (exact) mass is 431 g/mol. The number of carboxylic acid groups (broad SMARTS) is 1. The summed E-state index contributed by atoms with van der Waals surface area (Å²) in [6, 6.07) is 19.0. The van der Waals surface area contributed by atoms with Crippen LogP contribution in [0, 0.1) is 13.8 Å². The van der Waals surface area contributed by atoms with Crippen molar-refractivity contribution in [3.63, 3.8) is 0 Å². The number of aliphatic carboxylic acids is 1. The van der Waals surface area contributed by atoms with Crippen LogP contribution in [0.25, 0.3) is 16.7 Å². The number of hydrogen-bond donors (Lipinski definition) is 1. The second-order valence-corrected chi connectivity index (χ2v) is 7.67. The molecule has 0 unspecified atom stereocenters. The molecule has 0 aliphatic carbocycles. The van der Waals surface area contributed by atoms with E-state index < -0.39 is 5.97 Å². The summed E-state index contributed by atoms with van der Waals surface area (Å²) >= 11 is 0. The molecule has 1 aromatic heterocycles. The molecule has 0 aliphatic rings. The molecule has 7 nitrogen and oxygen atoms in total. The summed E-state index contributed by atoms with van der Waals surface area (Å²) in [5, 5.41) is 18.1. The van der Waals surface area contributed by atoms with Crippen molar-refractivity contribution in [1.29, 1.82) is 0 Å². The van der Waals surface area contributed by atoms with Crippen molar-refractivity contribution < 1.29 is 19.4 Å². The van der Waals surface area contributed by atoms with Crippen LogP contribution >= 0.6 is 0 Å². The molecule has 3 aromatic carbocycles. The first-order valence-electron chi connectivity index (χ1n) is 10.5. The van der Waals surface area contributed by atoms with Gasteiger partial charge in [-0.1, -0.05) is 30.3 Å². The zero-order valence-electron chi connectivity index (χ0n) is 18.1. The first-order chi connectivity index (χ1) is 15.5. The Morgan fingerprint density at radius 3 is 2.50 bits per heavy atom. The highest BCUT2D eigenvalue weighted by molar-refractivity contribution is 5.77. The van der Waals surface area contributed by atoms with Gasteiger partial charge in [-0.3, -0.25) is 4.79 Å². The molecule has 0 saturated heterocycles. The molecule has 4 aromatic rings. The lowest BCUT2D eigenvalue weighted by atomic mass is 10.1. The number of hydrogen-bond acceptors (Lipinski definition) is 5. The Balaban J connectivity index is 1.36. The minimum Gasteiger partial charge on any atom is -0.493 e. The summed E-state index contributed by atoms with van der Waals surface area (Å²) < 4.78 is 11.8. The summed E-state index contributed by atoms with van der Waals surface area (Å²) in [6.07, 6.45) is 0.699. The fraction of sp³-hybridized carbons (Fsp3) is 0.240. The fourth-order valence-electron chi connectivity index (χ4n) is 3.40. The van der Waals surface area contributed by atoms with Crippen LogP contribution in [-0.2, 0) is 11.2 Å². The van der Waals surface area contributed by atoms with Crippen molar-refractivity contribution in [2.24, 2.45) is 0 Å². The third kappa shape index (κ3) is 5.06. The van der Waals surface area contributed by atoms with Gasteiger partial charge < -0.3 is 14.6 Å². The van der Waals surface area contributed by atoms with Crippen LogP contribution < -0.4 is 9.47 Å². The van der Waals surface area contributed by atoms with Crippen LogP contribution in [0.2, 0.25) is 0 Å². The zero-order chi connectivity index (χ0) is 22.5. The molecule has 0 atom stereocenters. The molecule has 0 bridgehead atoms. The van der Waals surface area contributed by atoms with Crippen LogP contribution in [0.1, 0.15) is 23.1 Å². The molecule has 1 heterocycles. The zero-order valence-corrected chi connectivity index (χ0v) is 18.1. The number of fused-ring (bicyclic) bond motifs is 1. The summed E-state index contributed by atoms with van der Waals surface area (Å²) in [4.78, 5) is 12.4. The molecule has 0 amide bonds. The standard InChI is InChI=1S/C25H25N3O4/c1-17-7-12-23(22(15-17)28-26-21-6-3-5-18(2)25(21)27-28)32-14-4-13-31-20-10-8-19(9-11-20)16-24(29)30/h3,5-12,15H,4,13-14,16H2,1-2H3,(H,29,30). The van der Waals surface area contributed by atoms with Gasteiger partial charge in [0.2, 0.25) is 0 Å². The van der Waals surface area contributed by atoms with Gasteiger partial charge in [0.1, 0.15) is 28.2 Å².